The maximum atomic E-state index is 5.80. The van der Waals surface area contributed by atoms with E-state index in [4.69, 9.17) is 4.74 Å². The Hall–Kier alpha value is -0.670. The number of hydrogen-bond acceptors (Lipinski definition) is 3. The summed E-state index contributed by atoms with van der Waals surface area (Å²) in [5, 5.41) is 3.34. The van der Waals surface area contributed by atoms with E-state index < -0.39 is 0 Å². The van der Waals surface area contributed by atoms with Gasteiger partial charge in [-0.3, -0.25) is 0 Å². The highest BCUT2D eigenvalue weighted by Gasteiger charge is 2.23. The Morgan fingerprint density at radius 3 is 2.94 bits per heavy atom. The van der Waals surface area contributed by atoms with Crippen molar-refractivity contribution in [3.8, 4) is 5.75 Å². The second-order valence-electron chi connectivity index (χ2n) is 4.19. The van der Waals surface area contributed by atoms with Crippen LogP contribution in [0.4, 0.5) is 0 Å². The summed E-state index contributed by atoms with van der Waals surface area (Å²) >= 11 is 1.86. The molecule has 88 valence electrons. The minimum absolute atomic E-state index is 0.415. The van der Waals surface area contributed by atoms with E-state index in [2.05, 4.69) is 29.8 Å². The minimum atomic E-state index is 0.415. The normalized spacial score (nSPS) is 17.1. The highest BCUT2D eigenvalue weighted by Crippen LogP contribution is 2.28. The Balaban J connectivity index is 2.06. The highest BCUT2D eigenvalue weighted by molar-refractivity contribution is 7.98. The van der Waals surface area contributed by atoms with Gasteiger partial charge in [0.05, 0.1) is 6.10 Å². The standard InChI is InChI=1S/C13H19NOS/c1-14-13(9-16-2)10-4-3-5-12(8-10)15-11-6-7-11/h3-5,8,11,13-14H,6-7,9H2,1-2H3. The summed E-state index contributed by atoms with van der Waals surface area (Å²) in [5.74, 6) is 2.10. The number of rotatable bonds is 6. The van der Waals surface area contributed by atoms with Gasteiger partial charge in [0.25, 0.3) is 0 Å². The van der Waals surface area contributed by atoms with Gasteiger partial charge in [-0.2, -0.15) is 11.8 Å². The van der Waals surface area contributed by atoms with Crippen molar-refractivity contribution >= 4 is 11.8 Å². The molecule has 0 amide bonds. The number of benzene rings is 1. The summed E-state index contributed by atoms with van der Waals surface area (Å²) in [4.78, 5) is 0. The number of thioether (sulfide) groups is 1. The van der Waals surface area contributed by atoms with Gasteiger partial charge < -0.3 is 10.1 Å². The molecular formula is C13H19NOS. The fourth-order valence-corrected chi connectivity index (χ4v) is 2.39. The van der Waals surface area contributed by atoms with E-state index in [1.54, 1.807) is 0 Å². The third kappa shape index (κ3) is 3.16. The van der Waals surface area contributed by atoms with Crippen LogP contribution in [-0.4, -0.2) is 25.2 Å². The van der Waals surface area contributed by atoms with E-state index in [1.807, 2.05) is 24.9 Å². The Morgan fingerprint density at radius 2 is 2.31 bits per heavy atom. The van der Waals surface area contributed by atoms with Gasteiger partial charge in [0.1, 0.15) is 5.75 Å². The first-order valence-electron chi connectivity index (χ1n) is 5.76. The van der Waals surface area contributed by atoms with Gasteiger partial charge in [-0.15, -0.1) is 0 Å². The Labute approximate surface area is 102 Å². The third-order valence-electron chi connectivity index (χ3n) is 2.77. The van der Waals surface area contributed by atoms with Crippen LogP contribution in [0.3, 0.4) is 0 Å². The molecule has 1 aromatic carbocycles. The van der Waals surface area contributed by atoms with E-state index in [1.165, 1.54) is 18.4 Å². The average molecular weight is 237 g/mol. The predicted molar refractivity (Wildman–Crippen MR) is 70.3 cm³/mol. The summed E-state index contributed by atoms with van der Waals surface area (Å²) < 4.78 is 5.80. The monoisotopic (exact) mass is 237 g/mol. The smallest absolute Gasteiger partial charge is 0.120 e. The van der Waals surface area contributed by atoms with Gasteiger partial charge in [-0.25, -0.2) is 0 Å². The van der Waals surface area contributed by atoms with Crippen LogP contribution in [0.1, 0.15) is 24.4 Å². The third-order valence-corrected chi connectivity index (χ3v) is 3.44. The Kier molecular flexibility index (Phi) is 4.13. The van der Waals surface area contributed by atoms with Crippen LogP contribution < -0.4 is 10.1 Å². The van der Waals surface area contributed by atoms with E-state index in [0.717, 1.165) is 11.5 Å². The van der Waals surface area contributed by atoms with Crippen molar-refractivity contribution in [3.05, 3.63) is 29.8 Å². The molecule has 0 aromatic heterocycles. The van der Waals surface area contributed by atoms with Gasteiger partial charge >= 0.3 is 0 Å². The Morgan fingerprint density at radius 1 is 1.50 bits per heavy atom. The lowest BCUT2D eigenvalue weighted by Crippen LogP contribution is -2.18. The van der Waals surface area contributed by atoms with Crippen molar-refractivity contribution in [2.24, 2.45) is 0 Å². The van der Waals surface area contributed by atoms with Crippen molar-refractivity contribution in [2.45, 2.75) is 25.0 Å². The molecule has 1 aliphatic rings. The number of ether oxygens (including phenoxy) is 1. The molecule has 2 nitrogen and oxygen atoms in total. The molecule has 1 aliphatic carbocycles. The highest BCUT2D eigenvalue weighted by atomic mass is 32.2. The molecule has 0 radical (unpaired) electrons. The molecule has 16 heavy (non-hydrogen) atoms. The molecular weight excluding hydrogens is 218 g/mol. The lowest BCUT2D eigenvalue weighted by atomic mass is 10.1. The van der Waals surface area contributed by atoms with Gasteiger partial charge in [0.15, 0.2) is 0 Å². The lowest BCUT2D eigenvalue weighted by Gasteiger charge is -2.16. The van der Waals surface area contributed by atoms with Crippen molar-refractivity contribution in [2.75, 3.05) is 19.1 Å². The second-order valence-corrected chi connectivity index (χ2v) is 5.10. The fraction of sp³-hybridized carbons (Fsp3) is 0.538. The molecule has 1 atom stereocenters. The fourth-order valence-electron chi connectivity index (χ4n) is 1.70. The van der Waals surface area contributed by atoms with Crippen molar-refractivity contribution in [3.63, 3.8) is 0 Å². The summed E-state index contributed by atoms with van der Waals surface area (Å²) in [6.07, 6.45) is 5.04. The second kappa shape index (κ2) is 5.60. The number of hydrogen-bond donors (Lipinski definition) is 1. The number of nitrogens with one attached hydrogen (secondary N) is 1. The van der Waals surface area contributed by atoms with Crippen molar-refractivity contribution in [1.82, 2.24) is 5.32 Å². The molecule has 0 spiro atoms. The minimum Gasteiger partial charge on any atom is -0.490 e. The largest absolute Gasteiger partial charge is 0.490 e. The zero-order chi connectivity index (χ0) is 11.4. The van der Waals surface area contributed by atoms with E-state index >= 15 is 0 Å². The molecule has 2 rings (SSSR count). The summed E-state index contributed by atoms with van der Waals surface area (Å²) in [7, 11) is 2.01. The zero-order valence-corrected chi connectivity index (χ0v) is 10.7. The molecule has 0 aliphatic heterocycles. The van der Waals surface area contributed by atoms with Crippen molar-refractivity contribution < 1.29 is 4.74 Å². The van der Waals surface area contributed by atoms with Gasteiger partial charge in [0.2, 0.25) is 0 Å². The van der Waals surface area contributed by atoms with Crippen LogP contribution in [0.2, 0.25) is 0 Å². The summed E-state index contributed by atoms with van der Waals surface area (Å²) in [6, 6.07) is 8.87. The van der Waals surface area contributed by atoms with Crippen LogP contribution in [0.25, 0.3) is 0 Å². The maximum absolute atomic E-state index is 5.80. The quantitative estimate of drug-likeness (QED) is 0.822. The topological polar surface area (TPSA) is 21.3 Å². The SMILES string of the molecule is CNC(CSC)c1cccc(OC2CC2)c1. The molecule has 0 saturated heterocycles. The van der Waals surface area contributed by atoms with E-state index in [-0.39, 0.29) is 0 Å². The van der Waals surface area contributed by atoms with E-state index in [0.29, 0.717) is 12.1 Å². The van der Waals surface area contributed by atoms with Crippen LogP contribution in [-0.2, 0) is 0 Å². The van der Waals surface area contributed by atoms with Crippen LogP contribution in [0, 0.1) is 0 Å². The van der Waals surface area contributed by atoms with Crippen LogP contribution in [0.15, 0.2) is 24.3 Å². The summed E-state index contributed by atoms with van der Waals surface area (Å²) in [6.45, 7) is 0. The van der Waals surface area contributed by atoms with Gasteiger partial charge in [0, 0.05) is 11.8 Å². The van der Waals surface area contributed by atoms with E-state index in [9.17, 15) is 0 Å². The molecule has 0 heterocycles. The average Bonchev–Trinajstić information content (AvgIpc) is 3.10. The Bertz CT molecular complexity index is 338. The molecule has 1 fully saturated rings. The van der Waals surface area contributed by atoms with Crippen LogP contribution in [0.5, 0.6) is 5.75 Å². The molecule has 1 unspecified atom stereocenters. The predicted octanol–water partition coefficient (Wildman–Crippen LogP) is 2.85. The van der Waals surface area contributed by atoms with Crippen molar-refractivity contribution in [1.29, 1.82) is 0 Å². The van der Waals surface area contributed by atoms with Gasteiger partial charge in [-0.1, -0.05) is 12.1 Å². The molecule has 1 N–H and O–H groups in total. The molecule has 3 heteroatoms. The first-order valence-corrected chi connectivity index (χ1v) is 7.15. The summed E-state index contributed by atoms with van der Waals surface area (Å²) in [5.41, 5.74) is 1.31. The first kappa shape index (κ1) is 11.8. The van der Waals surface area contributed by atoms with Crippen LogP contribution >= 0.6 is 11.8 Å². The molecule has 1 saturated carbocycles. The molecule has 0 bridgehead atoms. The van der Waals surface area contributed by atoms with Gasteiger partial charge in [-0.05, 0) is 43.8 Å². The molecule has 1 aromatic rings. The maximum Gasteiger partial charge on any atom is 0.120 e. The lowest BCUT2D eigenvalue weighted by molar-refractivity contribution is 0.302. The zero-order valence-electron chi connectivity index (χ0n) is 9.90. The first-order chi connectivity index (χ1) is 7.83.